The van der Waals surface area contributed by atoms with E-state index in [-0.39, 0.29) is 5.75 Å². The smallest absolute Gasteiger partial charge is 0.191 e. The molecule has 0 aliphatic rings. The Morgan fingerprint density at radius 1 is 1.23 bits per heavy atom. The number of hydrogen-bond acceptors (Lipinski definition) is 5. The average Bonchev–Trinajstić information content (AvgIpc) is 3.07. The van der Waals surface area contributed by atoms with Crippen LogP contribution in [0.15, 0.2) is 27.7 Å². The van der Waals surface area contributed by atoms with Gasteiger partial charge < -0.3 is 25.0 Å². The summed E-state index contributed by atoms with van der Waals surface area (Å²) in [5, 5.41) is 20.7. The predicted octanol–water partition coefficient (Wildman–Crippen LogP) is 2.77. The summed E-state index contributed by atoms with van der Waals surface area (Å²) in [6, 6.07) is 5.12. The molecule has 0 radical (unpaired) electrons. The van der Waals surface area contributed by atoms with E-state index >= 15 is 0 Å². The fourth-order valence-corrected chi connectivity index (χ4v) is 2.63. The van der Waals surface area contributed by atoms with Crippen LogP contribution in [0.4, 0.5) is 0 Å². The van der Waals surface area contributed by atoms with Crippen molar-refractivity contribution in [1.82, 2.24) is 15.8 Å². The lowest BCUT2D eigenvalue weighted by molar-refractivity contribution is 0.380. The Morgan fingerprint density at radius 2 is 2.04 bits per heavy atom. The van der Waals surface area contributed by atoms with E-state index in [1.54, 1.807) is 25.3 Å². The number of aromatic hydroxyl groups is 1. The first-order valence-electron chi connectivity index (χ1n) is 8.97. The number of hydrogen-bond donors (Lipinski definition) is 3. The molecule has 0 spiro atoms. The van der Waals surface area contributed by atoms with Gasteiger partial charge in [0.1, 0.15) is 17.3 Å². The van der Waals surface area contributed by atoms with Crippen LogP contribution in [0.25, 0.3) is 0 Å². The van der Waals surface area contributed by atoms with Crippen LogP contribution in [-0.2, 0) is 25.9 Å². The van der Waals surface area contributed by atoms with Crippen molar-refractivity contribution in [1.29, 1.82) is 0 Å². The maximum absolute atomic E-state index is 10.0. The molecule has 0 aliphatic carbocycles. The lowest BCUT2D eigenvalue weighted by Crippen LogP contribution is -2.37. The number of benzene rings is 1. The van der Waals surface area contributed by atoms with Crippen molar-refractivity contribution >= 4 is 5.96 Å². The van der Waals surface area contributed by atoms with E-state index in [2.05, 4.69) is 27.7 Å². The Hall–Kier alpha value is -2.70. The van der Waals surface area contributed by atoms with Crippen LogP contribution in [-0.4, -0.2) is 29.9 Å². The Bertz CT molecular complexity index is 719. The zero-order chi connectivity index (χ0) is 18.9. The second kappa shape index (κ2) is 9.70. The zero-order valence-electron chi connectivity index (χ0n) is 15.9. The maximum Gasteiger partial charge on any atom is 0.191 e. The number of aromatic nitrogens is 1. The summed E-state index contributed by atoms with van der Waals surface area (Å²) in [5.41, 5.74) is 2.76. The van der Waals surface area contributed by atoms with Gasteiger partial charge in [0.2, 0.25) is 0 Å². The van der Waals surface area contributed by atoms with Crippen molar-refractivity contribution in [3.8, 4) is 11.5 Å². The third-order valence-corrected chi connectivity index (χ3v) is 4.08. The highest BCUT2D eigenvalue weighted by Crippen LogP contribution is 2.23. The number of guanidine groups is 1. The zero-order valence-corrected chi connectivity index (χ0v) is 15.9. The second-order valence-corrected chi connectivity index (χ2v) is 5.78. The van der Waals surface area contributed by atoms with Crippen molar-refractivity contribution in [3.05, 3.63) is 40.8 Å². The minimum absolute atomic E-state index is 0.200. The summed E-state index contributed by atoms with van der Waals surface area (Å²) >= 11 is 0. The normalized spacial score (nSPS) is 11.5. The lowest BCUT2D eigenvalue weighted by atomic mass is 10.1. The number of phenolic OH excluding ortho intramolecular Hbond substituents is 1. The molecule has 1 aromatic carbocycles. The summed E-state index contributed by atoms with van der Waals surface area (Å²) < 4.78 is 10.6. The second-order valence-electron chi connectivity index (χ2n) is 5.78. The quantitative estimate of drug-likeness (QED) is 0.495. The molecule has 0 fully saturated rings. The highest BCUT2D eigenvalue weighted by atomic mass is 16.5. The molecule has 1 aromatic heterocycles. The summed E-state index contributed by atoms with van der Waals surface area (Å²) in [6.07, 6.45) is 1.63. The first kappa shape index (κ1) is 19.6. The average molecular weight is 360 g/mol. The first-order chi connectivity index (χ1) is 12.6. The molecule has 26 heavy (non-hydrogen) atoms. The molecule has 0 saturated heterocycles. The summed E-state index contributed by atoms with van der Waals surface area (Å²) in [5.74, 6) is 2.46. The van der Waals surface area contributed by atoms with Gasteiger partial charge in [-0.1, -0.05) is 19.0 Å². The molecule has 3 N–H and O–H groups in total. The van der Waals surface area contributed by atoms with Crippen LogP contribution < -0.4 is 15.4 Å². The van der Waals surface area contributed by atoms with Crippen LogP contribution in [0.3, 0.4) is 0 Å². The minimum Gasteiger partial charge on any atom is -0.508 e. The lowest BCUT2D eigenvalue weighted by Gasteiger charge is -2.12. The first-order valence-corrected chi connectivity index (χ1v) is 8.97. The van der Waals surface area contributed by atoms with E-state index in [1.807, 2.05) is 13.8 Å². The number of methoxy groups -OCH3 is 1. The summed E-state index contributed by atoms with van der Waals surface area (Å²) in [6.45, 7) is 7.78. The monoisotopic (exact) mass is 360 g/mol. The highest BCUT2D eigenvalue weighted by Gasteiger charge is 2.13. The van der Waals surface area contributed by atoms with Crippen molar-refractivity contribution in [2.45, 2.75) is 46.7 Å². The van der Waals surface area contributed by atoms with Crippen LogP contribution >= 0.6 is 0 Å². The van der Waals surface area contributed by atoms with E-state index in [0.29, 0.717) is 30.4 Å². The number of nitrogens with one attached hydrogen (secondary N) is 2. The molecule has 2 rings (SSSR count). The Morgan fingerprint density at radius 3 is 2.69 bits per heavy atom. The van der Waals surface area contributed by atoms with Gasteiger partial charge in [-0.2, -0.15) is 0 Å². The molecule has 142 valence electrons. The van der Waals surface area contributed by atoms with Gasteiger partial charge in [-0.15, -0.1) is 0 Å². The van der Waals surface area contributed by atoms with E-state index < -0.39 is 0 Å². The van der Waals surface area contributed by atoms with Gasteiger partial charge in [0.15, 0.2) is 5.96 Å². The largest absolute Gasteiger partial charge is 0.508 e. The van der Waals surface area contributed by atoms with Gasteiger partial charge in [0, 0.05) is 30.6 Å². The SMILES string of the molecule is CCNC(=NCc1cc(OC)ccc1O)NCc1c(CC)noc1CC. The number of ether oxygens (including phenoxy) is 1. The Balaban J connectivity index is 2.11. The molecule has 7 heteroatoms. The van der Waals surface area contributed by atoms with Crippen molar-refractivity contribution in [2.24, 2.45) is 4.99 Å². The van der Waals surface area contributed by atoms with E-state index in [4.69, 9.17) is 9.26 Å². The number of aliphatic imine (C=N–C) groups is 1. The summed E-state index contributed by atoms with van der Waals surface area (Å²) in [7, 11) is 1.60. The standard InChI is InChI=1S/C19H28N4O3/c1-5-16-15(18(6-2)26-23-16)12-22-19(20-7-3)21-11-13-10-14(25-4)8-9-17(13)24/h8-10,24H,5-7,11-12H2,1-4H3,(H2,20,21,22). The Kier molecular flexibility index (Phi) is 7.32. The van der Waals surface area contributed by atoms with Gasteiger partial charge in [-0.05, 0) is 31.5 Å². The molecule has 0 amide bonds. The molecule has 0 bridgehead atoms. The summed E-state index contributed by atoms with van der Waals surface area (Å²) in [4.78, 5) is 4.56. The molecule has 0 unspecified atom stereocenters. The van der Waals surface area contributed by atoms with Crippen molar-refractivity contribution < 1.29 is 14.4 Å². The number of phenols is 1. The molecule has 0 aliphatic heterocycles. The van der Waals surface area contributed by atoms with E-state index in [0.717, 1.165) is 36.4 Å². The van der Waals surface area contributed by atoms with E-state index in [1.165, 1.54) is 0 Å². The number of aryl methyl sites for hydroxylation is 2. The third-order valence-electron chi connectivity index (χ3n) is 4.08. The third kappa shape index (κ3) is 4.91. The highest BCUT2D eigenvalue weighted by molar-refractivity contribution is 5.79. The maximum atomic E-state index is 10.0. The molecule has 1 heterocycles. The molecular weight excluding hydrogens is 332 g/mol. The van der Waals surface area contributed by atoms with Gasteiger partial charge in [-0.3, -0.25) is 0 Å². The topological polar surface area (TPSA) is 91.9 Å². The van der Waals surface area contributed by atoms with Crippen molar-refractivity contribution in [3.63, 3.8) is 0 Å². The fraction of sp³-hybridized carbons (Fsp3) is 0.474. The Labute approximate surface area is 154 Å². The number of nitrogens with zero attached hydrogens (tertiary/aromatic N) is 2. The van der Waals surface area contributed by atoms with Gasteiger partial charge in [0.25, 0.3) is 0 Å². The molecule has 0 saturated carbocycles. The van der Waals surface area contributed by atoms with Crippen LogP contribution in [0.1, 0.15) is 43.4 Å². The van der Waals surface area contributed by atoms with Crippen molar-refractivity contribution in [2.75, 3.05) is 13.7 Å². The van der Waals surface area contributed by atoms with Gasteiger partial charge in [-0.25, -0.2) is 4.99 Å². The van der Waals surface area contributed by atoms with Crippen LogP contribution in [0.5, 0.6) is 11.5 Å². The van der Waals surface area contributed by atoms with Gasteiger partial charge in [0.05, 0.1) is 19.3 Å². The minimum atomic E-state index is 0.200. The molecule has 7 nitrogen and oxygen atoms in total. The number of rotatable bonds is 8. The van der Waals surface area contributed by atoms with Gasteiger partial charge >= 0.3 is 0 Å². The van der Waals surface area contributed by atoms with Crippen LogP contribution in [0, 0.1) is 0 Å². The van der Waals surface area contributed by atoms with E-state index in [9.17, 15) is 5.11 Å². The molecular formula is C19H28N4O3. The molecule has 0 atom stereocenters. The fourth-order valence-electron chi connectivity index (χ4n) is 2.63. The predicted molar refractivity (Wildman–Crippen MR) is 102 cm³/mol. The molecule has 2 aromatic rings. The van der Waals surface area contributed by atoms with Crippen LogP contribution in [0.2, 0.25) is 0 Å².